The van der Waals surface area contributed by atoms with Crippen molar-refractivity contribution in [3.63, 3.8) is 0 Å². The second kappa shape index (κ2) is 9.37. The van der Waals surface area contributed by atoms with Gasteiger partial charge in [0.15, 0.2) is 11.6 Å². The molecule has 0 amide bonds. The Morgan fingerprint density at radius 3 is 2.37 bits per heavy atom. The number of nitrogens with one attached hydrogen (secondary N) is 1. The van der Waals surface area contributed by atoms with Crippen molar-refractivity contribution in [1.29, 1.82) is 0 Å². The number of carbonyl (C=O) groups excluding carboxylic acids is 1. The van der Waals surface area contributed by atoms with Crippen LogP contribution in [-0.2, 0) is 9.47 Å². The summed E-state index contributed by atoms with van der Waals surface area (Å²) >= 11 is 0. The molecule has 7 nitrogen and oxygen atoms in total. The molecular formula is C23H24N4O3. The smallest absolute Gasteiger partial charge is 0.345 e. The van der Waals surface area contributed by atoms with E-state index < -0.39 is 5.97 Å². The van der Waals surface area contributed by atoms with Gasteiger partial charge in [-0.1, -0.05) is 48.5 Å². The molecule has 2 heterocycles. The summed E-state index contributed by atoms with van der Waals surface area (Å²) in [5.74, 6) is 1.08. The van der Waals surface area contributed by atoms with Crippen molar-refractivity contribution in [2.75, 3.05) is 43.1 Å². The van der Waals surface area contributed by atoms with Gasteiger partial charge in [-0.2, -0.15) is 0 Å². The molecule has 30 heavy (non-hydrogen) atoms. The van der Waals surface area contributed by atoms with Crippen molar-refractivity contribution in [1.82, 2.24) is 9.97 Å². The Hall–Kier alpha value is -3.45. The van der Waals surface area contributed by atoms with Crippen LogP contribution in [0.25, 0.3) is 11.4 Å². The van der Waals surface area contributed by atoms with Crippen LogP contribution in [0.3, 0.4) is 0 Å². The Labute approximate surface area is 175 Å². The molecule has 0 atom stereocenters. The fraction of sp³-hybridized carbons (Fsp3) is 0.261. The number of aromatic nitrogens is 2. The summed E-state index contributed by atoms with van der Waals surface area (Å²) in [5, 5.41) is 3.29. The molecule has 1 saturated heterocycles. The van der Waals surface area contributed by atoms with E-state index in [-0.39, 0.29) is 6.61 Å². The number of morpholine rings is 1. The first-order chi connectivity index (χ1) is 14.8. The summed E-state index contributed by atoms with van der Waals surface area (Å²) in [7, 11) is 0. The van der Waals surface area contributed by atoms with Gasteiger partial charge in [-0.15, -0.1) is 0 Å². The molecule has 2 aromatic carbocycles. The summed E-state index contributed by atoms with van der Waals surface area (Å²) in [6.45, 7) is 4.50. The van der Waals surface area contributed by atoms with Crippen LogP contribution in [0.2, 0.25) is 0 Å². The Morgan fingerprint density at radius 1 is 1.03 bits per heavy atom. The molecule has 1 aliphatic rings. The number of nitrogens with zero attached hydrogens (tertiary/aromatic N) is 3. The zero-order valence-electron chi connectivity index (χ0n) is 16.9. The highest BCUT2D eigenvalue weighted by Gasteiger charge is 2.27. The van der Waals surface area contributed by atoms with Crippen LogP contribution in [0.15, 0.2) is 60.7 Å². The Balaban J connectivity index is 1.88. The minimum Gasteiger partial charge on any atom is -0.462 e. The quantitative estimate of drug-likeness (QED) is 0.625. The first-order valence-electron chi connectivity index (χ1n) is 10.1. The summed E-state index contributed by atoms with van der Waals surface area (Å²) in [6, 6.07) is 19.4. The maximum absolute atomic E-state index is 13.0. The number of para-hydroxylation sites is 1. The second-order valence-electron chi connectivity index (χ2n) is 6.77. The van der Waals surface area contributed by atoms with Gasteiger partial charge < -0.3 is 19.7 Å². The minimum atomic E-state index is -0.447. The minimum absolute atomic E-state index is 0.270. The lowest BCUT2D eigenvalue weighted by Gasteiger charge is -2.30. The third-order valence-corrected chi connectivity index (χ3v) is 4.75. The maximum Gasteiger partial charge on any atom is 0.345 e. The first kappa shape index (κ1) is 19.8. The number of anilines is 3. The van der Waals surface area contributed by atoms with Crippen LogP contribution in [0, 0.1) is 0 Å². The topological polar surface area (TPSA) is 76.6 Å². The van der Waals surface area contributed by atoms with E-state index in [0.717, 1.165) is 11.3 Å². The fourth-order valence-electron chi connectivity index (χ4n) is 3.31. The average Bonchev–Trinajstić information content (AvgIpc) is 2.80. The van der Waals surface area contributed by atoms with Gasteiger partial charge >= 0.3 is 5.97 Å². The Kier molecular flexibility index (Phi) is 6.20. The molecule has 1 N–H and O–H groups in total. The van der Waals surface area contributed by atoms with Crippen molar-refractivity contribution >= 4 is 23.3 Å². The monoisotopic (exact) mass is 404 g/mol. The molecule has 3 aromatic rings. The summed E-state index contributed by atoms with van der Waals surface area (Å²) in [4.78, 5) is 24.5. The average molecular weight is 404 g/mol. The third kappa shape index (κ3) is 4.41. The van der Waals surface area contributed by atoms with Crippen molar-refractivity contribution in [2.24, 2.45) is 0 Å². The molecule has 0 saturated carbocycles. The van der Waals surface area contributed by atoms with E-state index in [1.54, 1.807) is 6.92 Å². The number of hydrogen-bond donors (Lipinski definition) is 1. The van der Waals surface area contributed by atoms with Crippen LogP contribution in [0.4, 0.5) is 17.3 Å². The Morgan fingerprint density at radius 2 is 1.70 bits per heavy atom. The van der Waals surface area contributed by atoms with E-state index in [0.29, 0.717) is 49.3 Å². The van der Waals surface area contributed by atoms with Crippen LogP contribution >= 0.6 is 0 Å². The van der Waals surface area contributed by atoms with E-state index in [4.69, 9.17) is 19.4 Å². The molecule has 154 valence electrons. The number of rotatable bonds is 6. The van der Waals surface area contributed by atoms with Gasteiger partial charge in [0.25, 0.3) is 0 Å². The van der Waals surface area contributed by atoms with Crippen LogP contribution in [0.1, 0.15) is 17.3 Å². The lowest BCUT2D eigenvalue weighted by molar-refractivity contribution is 0.0526. The molecule has 4 rings (SSSR count). The highest BCUT2D eigenvalue weighted by Crippen LogP contribution is 2.31. The van der Waals surface area contributed by atoms with Crippen LogP contribution in [-0.4, -0.2) is 48.8 Å². The predicted octanol–water partition coefficient (Wildman–Crippen LogP) is 3.90. The molecule has 0 spiro atoms. The van der Waals surface area contributed by atoms with E-state index in [1.165, 1.54) is 0 Å². The second-order valence-corrected chi connectivity index (χ2v) is 6.77. The number of ether oxygens (including phenoxy) is 2. The van der Waals surface area contributed by atoms with Crippen LogP contribution < -0.4 is 10.2 Å². The van der Waals surface area contributed by atoms with Gasteiger partial charge in [0, 0.05) is 24.3 Å². The molecule has 1 aliphatic heterocycles. The molecule has 0 bridgehead atoms. The molecule has 1 aromatic heterocycles. The van der Waals surface area contributed by atoms with Crippen molar-refractivity contribution in [3.05, 3.63) is 66.2 Å². The van der Waals surface area contributed by atoms with E-state index in [1.807, 2.05) is 60.7 Å². The number of hydrogen-bond acceptors (Lipinski definition) is 7. The summed E-state index contributed by atoms with van der Waals surface area (Å²) in [6.07, 6.45) is 0. The SMILES string of the molecule is CCOC(=O)c1c(Nc2ccccc2)nc(-c2ccccc2)nc1N1CCOCC1. The number of esters is 1. The Bertz CT molecular complexity index is 990. The fourth-order valence-corrected chi connectivity index (χ4v) is 3.31. The highest BCUT2D eigenvalue weighted by atomic mass is 16.5. The summed E-state index contributed by atoms with van der Waals surface area (Å²) < 4.78 is 10.9. The van der Waals surface area contributed by atoms with Gasteiger partial charge in [-0.25, -0.2) is 14.8 Å². The first-order valence-corrected chi connectivity index (χ1v) is 10.1. The number of carbonyl (C=O) groups is 1. The standard InChI is InChI=1S/C23H24N4O3/c1-2-30-23(28)19-21(24-18-11-7-4-8-12-18)25-20(17-9-5-3-6-10-17)26-22(19)27-13-15-29-16-14-27/h3-12H,2,13-16H2,1H3,(H,24,25,26). The summed E-state index contributed by atoms with van der Waals surface area (Å²) in [5.41, 5.74) is 2.04. The zero-order chi connectivity index (χ0) is 20.8. The van der Waals surface area contributed by atoms with Crippen LogP contribution in [0.5, 0.6) is 0 Å². The molecule has 0 radical (unpaired) electrons. The molecule has 0 unspecified atom stereocenters. The van der Waals surface area contributed by atoms with Crippen molar-refractivity contribution in [3.8, 4) is 11.4 Å². The molecule has 1 fully saturated rings. The van der Waals surface area contributed by atoms with E-state index in [9.17, 15) is 4.79 Å². The van der Waals surface area contributed by atoms with Crippen molar-refractivity contribution < 1.29 is 14.3 Å². The van der Waals surface area contributed by atoms with Gasteiger partial charge in [0.1, 0.15) is 11.4 Å². The van der Waals surface area contributed by atoms with Gasteiger partial charge in [-0.05, 0) is 19.1 Å². The van der Waals surface area contributed by atoms with E-state index >= 15 is 0 Å². The molecular weight excluding hydrogens is 380 g/mol. The highest BCUT2D eigenvalue weighted by molar-refractivity contribution is 6.01. The third-order valence-electron chi connectivity index (χ3n) is 4.75. The molecule has 0 aliphatic carbocycles. The van der Waals surface area contributed by atoms with E-state index in [2.05, 4.69) is 10.2 Å². The van der Waals surface area contributed by atoms with Gasteiger partial charge in [0.2, 0.25) is 0 Å². The zero-order valence-corrected chi connectivity index (χ0v) is 16.9. The lowest BCUT2D eigenvalue weighted by Crippen LogP contribution is -2.38. The largest absolute Gasteiger partial charge is 0.462 e. The van der Waals surface area contributed by atoms with Gasteiger partial charge in [0.05, 0.1) is 19.8 Å². The van der Waals surface area contributed by atoms with Crippen molar-refractivity contribution in [2.45, 2.75) is 6.92 Å². The van der Waals surface area contributed by atoms with Gasteiger partial charge in [-0.3, -0.25) is 0 Å². The normalized spacial score (nSPS) is 13.7. The lowest BCUT2D eigenvalue weighted by atomic mass is 10.1. The maximum atomic E-state index is 13.0. The number of benzene rings is 2. The molecule has 7 heteroatoms. The predicted molar refractivity (Wildman–Crippen MR) is 116 cm³/mol.